The number of benzene rings is 4. The summed E-state index contributed by atoms with van der Waals surface area (Å²) in [6.45, 7) is 3.50. The molecule has 6 aromatic rings. The summed E-state index contributed by atoms with van der Waals surface area (Å²) in [5.41, 5.74) is 2.46. The van der Waals surface area contributed by atoms with Crippen LogP contribution in [0.1, 0.15) is 25.0 Å². The number of hydrogen-bond donors (Lipinski definition) is 1. The molecule has 2 heterocycles. The van der Waals surface area contributed by atoms with Crippen LogP contribution in [0.5, 0.6) is 46.3 Å². The predicted octanol–water partition coefficient (Wildman–Crippen LogP) is 11.0. The molecule has 0 aliphatic rings. The first-order valence-electron chi connectivity index (χ1n) is 18.0. The maximum absolute atomic E-state index is 14.3. The molecule has 0 saturated carbocycles. The van der Waals surface area contributed by atoms with Gasteiger partial charge in [0.25, 0.3) is 11.8 Å². The fourth-order valence-corrected chi connectivity index (χ4v) is 6.73. The first kappa shape index (κ1) is 44.4. The quantitative estimate of drug-likeness (QED) is 0.0833. The van der Waals surface area contributed by atoms with Crippen LogP contribution in [0.3, 0.4) is 0 Å². The molecule has 2 aromatic heterocycles. The SMILES string of the molecule is COc1ccc(OC)c(CNC(C)=O)c1.COc1ccc(OC)c(C[N+](C(C)=O)(c2ccc(Br)nc2Oc2ccccc2)c2ccc(Br)nc2Oc2ccc(Cl)cc2)c1. The summed E-state index contributed by atoms with van der Waals surface area (Å²) < 4.78 is 34.9. The lowest BCUT2D eigenvalue weighted by Gasteiger charge is -2.35. The Morgan fingerprint density at radius 1 is 0.610 bits per heavy atom. The van der Waals surface area contributed by atoms with Gasteiger partial charge in [0.1, 0.15) is 50.2 Å². The minimum Gasteiger partial charge on any atom is -0.497 e. The van der Waals surface area contributed by atoms with Gasteiger partial charge in [-0.3, -0.25) is 4.79 Å². The van der Waals surface area contributed by atoms with Crippen LogP contribution >= 0.6 is 43.5 Å². The van der Waals surface area contributed by atoms with Crippen molar-refractivity contribution in [3.8, 4) is 46.3 Å². The molecule has 0 spiro atoms. The Hall–Kier alpha value is -5.67. The zero-order chi connectivity index (χ0) is 42.5. The van der Waals surface area contributed by atoms with Gasteiger partial charge in [0, 0.05) is 36.2 Å². The average molecular weight is 950 g/mol. The summed E-state index contributed by atoms with van der Waals surface area (Å²) in [7, 11) is 6.36. The molecule has 0 radical (unpaired) electrons. The molecule has 1 atom stereocenters. The van der Waals surface area contributed by atoms with E-state index in [2.05, 4.69) is 47.1 Å². The molecule has 0 bridgehead atoms. The third kappa shape index (κ3) is 11.3. The lowest BCUT2D eigenvalue weighted by Crippen LogP contribution is -2.48. The van der Waals surface area contributed by atoms with Crippen molar-refractivity contribution in [2.24, 2.45) is 0 Å². The summed E-state index contributed by atoms with van der Waals surface area (Å²) >= 11 is 13.1. The Kier molecular flexibility index (Phi) is 15.7. The van der Waals surface area contributed by atoms with Crippen LogP contribution < -0.4 is 38.2 Å². The lowest BCUT2D eigenvalue weighted by atomic mass is 10.1. The Balaban J connectivity index is 0.000000372. The molecule has 59 heavy (non-hydrogen) atoms. The fourth-order valence-electron chi connectivity index (χ4n) is 6.02. The number of amides is 2. The maximum atomic E-state index is 14.3. The number of para-hydroxylation sites is 1. The van der Waals surface area contributed by atoms with Crippen molar-refractivity contribution in [1.29, 1.82) is 0 Å². The van der Waals surface area contributed by atoms with Gasteiger partial charge in [0.2, 0.25) is 17.3 Å². The zero-order valence-electron chi connectivity index (χ0n) is 33.1. The van der Waals surface area contributed by atoms with E-state index in [-0.39, 0.29) is 30.1 Å². The second kappa shape index (κ2) is 20.8. The van der Waals surface area contributed by atoms with Crippen molar-refractivity contribution >= 4 is 66.6 Å². The number of pyridine rings is 2. The average Bonchev–Trinajstić information content (AvgIpc) is 3.23. The second-order valence-corrected chi connectivity index (χ2v) is 14.7. The molecule has 1 N–H and O–H groups in total. The number of methoxy groups -OCH3 is 4. The lowest BCUT2D eigenvalue weighted by molar-refractivity contribution is -0.126. The number of nitrogens with one attached hydrogen (secondary N) is 1. The Bertz CT molecular complexity index is 2390. The van der Waals surface area contributed by atoms with E-state index < -0.39 is 4.48 Å². The van der Waals surface area contributed by atoms with E-state index in [4.69, 9.17) is 40.0 Å². The molecule has 4 aromatic carbocycles. The van der Waals surface area contributed by atoms with Gasteiger partial charge in [0.15, 0.2) is 0 Å². The number of aromatic nitrogens is 2. The Labute approximate surface area is 364 Å². The summed E-state index contributed by atoms with van der Waals surface area (Å²) in [4.78, 5) is 34.5. The summed E-state index contributed by atoms with van der Waals surface area (Å²) in [5, 5.41) is 3.27. The van der Waals surface area contributed by atoms with Crippen LogP contribution in [0.4, 0.5) is 11.4 Å². The largest absolute Gasteiger partial charge is 0.497 e. The third-order valence-electron chi connectivity index (χ3n) is 8.87. The summed E-state index contributed by atoms with van der Waals surface area (Å²) in [6.07, 6.45) is 0. The number of carbonyl (C=O) groups is 2. The van der Waals surface area contributed by atoms with Gasteiger partial charge in [-0.05, 0) is 117 Å². The van der Waals surface area contributed by atoms with E-state index in [0.29, 0.717) is 60.7 Å². The van der Waals surface area contributed by atoms with E-state index in [0.717, 1.165) is 17.1 Å². The predicted molar refractivity (Wildman–Crippen MR) is 234 cm³/mol. The number of carbonyl (C=O) groups excluding carboxylic acids is 2. The molecule has 0 aliphatic carbocycles. The van der Waals surface area contributed by atoms with Gasteiger partial charge in [-0.1, -0.05) is 29.8 Å². The summed E-state index contributed by atoms with van der Waals surface area (Å²) in [5.74, 6) is 3.75. The van der Waals surface area contributed by atoms with Crippen LogP contribution in [0.15, 0.2) is 124 Å². The normalized spacial score (nSPS) is 11.5. The van der Waals surface area contributed by atoms with E-state index in [1.807, 2.05) is 54.6 Å². The van der Waals surface area contributed by atoms with Crippen molar-refractivity contribution in [1.82, 2.24) is 19.8 Å². The monoisotopic (exact) mass is 947 g/mol. The summed E-state index contributed by atoms with van der Waals surface area (Å²) in [6, 6.07) is 34.2. The van der Waals surface area contributed by atoms with Crippen molar-refractivity contribution in [2.75, 3.05) is 28.4 Å². The topological polar surface area (TPSA) is 127 Å². The molecule has 306 valence electrons. The molecule has 0 aliphatic heterocycles. The minimum absolute atomic E-state index is 0.0696. The van der Waals surface area contributed by atoms with E-state index in [9.17, 15) is 9.59 Å². The Morgan fingerprint density at radius 3 is 1.56 bits per heavy atom. The zero-order valence-corrected chi connectivity index (χ0v) is 37.1. The molecular formula is C44H42Br2ClN4O8+. The standard InChI is InChI=1S/C33H27Br2ClN3O5.C11H15NO3/c1-21(40)39(20-22-19-26(41-2)13-16-29(22)42-3,27-14-17-30(34)37-32(27)43-24-7-5-4-6-8-24)28-15-18-31(35)38-33(28)44-25-11-9-23(36)10-12-25;1-8(13)12-7-9-6-10(14-2)4-5-11(9)15-3/h4-19H,20H2,1-3H3;4-6H,7H2,1-3H3,(H,12,13)/q+1;. The first-order chi connectivity index (χ1) is 28.4. The number of halogens is 3. The van der Waals surface area contributed by atoms with Crippen LogP contribution in [0, 0.1) is 0 Å². The van der Waals surface area contributed by atoms with Crippen molar-refractivity contribution in [3.63, 3.8) is 0 Å². The van der Waals surface area contributed by atoms with Gasteiger partial charge in [-0.2, -0.15) is 4.48 Å². The molecule has 12 nitrogen and oxygen atoms in total. The highest BCUT2D eigenvalue weighted by molar-refractivity contribution is 9.10. The van der Waals surface area contributed by atoms with Gasteiger partial charge >= 0.3 is 5.91 Å². The van der Waals surface area contributed by atoms with Crippen molar-refractivity contribution in [2.45, 2.75) is 26.9 Å². The highest BCUT2D eigenvalue weighted by Crippen LogP contribution is 2.49. The third-order valence-corrected chi connectivity index (χ3v) is 10.0. The smallest absolute Gasteiger partial charge is 0.321 e. The van der Waals surface area contributed by atoms with Crippen LogP contribution in [-0.4, -0.2) is 50.2 Å². The number of quaternary nitrogens is 1. The molecular weight excluding hydrogens is 908 g/mol. The molecule has 0 fully saturated rings. The van der Waals surface area contributed by atoms with E-state index in [1.165, 1.54) is 13.8 Å². The Morgan fingerprint density at radius 2 is 1.08 bits per heavy atom. The number of nitrogens with zero attached hydrogens (tertiary/aromatic N) is 3. The van der Waals surface area contributed by atoms with Gasteiger partial charge in [-0.25, -0.2) is 14.8 Å². The van der Waals surface area contributed by atoms with Crippen LogP contribution in [0.2, 0.25) is 5.02 Å². The fraction of sp³-hybridized carbons (Fsp3) is 0.182. The second-order valence-electron chi connectivity index (χ2n) is 12.6. The molecule has 2 amide bonds. The molecule has 15 heteroatoms. The van der Waals surface area contributed by atoms with Crippen molar-refractivity contribution in [3.05, 3.63) is 141 Å². The molecule has 6 rings (SSSR count). The molecule has 0 saturated heterocycles. The number of ether oxygens (including phenoxy) is 6. The first-order valence-corrected chi connectivity index (χ1v) is 19.9. The van der Waals surface area contributed by atoms with Gasteiger partial charge in [-0.15, -0.1) is 0 Å². The molecule has 1 unspecified atom stereocenters. The van der Waals surface area contributed by atoms with E-state index in [1.54, 1.807) is 89.1 Å². The number of rotatable bonds is 14. The van der Waals surface area contributed by atoms with Gasteiger partial charge in [0.05, 0.1) is 40.9 Å². The van der Waals surface area contributed by atoms with E-state index >= 15 is 0 Å². The number of hydrogen-bond acceptors (Lipinski definition) is 10. The minimum atomic E-state index is -0.435. The highest BCUT2D eigenvalue weighted by Gasteiger charge is 2.46. The van der Waals surface area contributed by atoms with Gasteiger partial charge < -0.3 is 33.7 Å². The highest BCUT2D eigenvalue weighted by atomic mass is 79.9. The maximum Gasteiger partial charge on any atom is 0.321 e. The van der Waals surface area contributed by atoms with Crippen molar-refractivity contribution < 1.29 is 38.0 Å². The van der Waals surface area contributed by atoms with Crippen LogP contribution in [-0.2, 0) is 22.7 Å². The van der Waals surface area contributed by atoms with Crippen LogP contribution in [0.25, 0.3) is 0 Å².